The molecule has 1 aromatic carbocycles. The first-order chi connectivity index (χ1) is 8.75. The molecule has 18 heavy (non-hydrogen) atoms. The zero-order valence-electron chi connectivity index (χ0n) is 10.7. The molecule has 0 aliphatic carbocycles. The quantitative estimate of drug-likeness (QED) is 0.806. The van der Waals surface area contributed by atoms with E-state index in [9.17, 15) is 5.11 Å². The third-order valence-corrected chi connectivity index (χ3v) is 3.70. The molecule has 1 heterocycles. The van der Waals surface area contributed by atoms with Crippen molar-refractivity contribution in [1.29, 1.82) is 0 Å². The molecule has 0 unspecified atom stereocenters. The molecule has 0 aromatic heterocycles. The monoisotopic (exact) mass is 268 g/mol. The van der Waals surface area contributed by atoms with E-state index in [4.69, 9.17) is 11.6 Å². The molecule has 2 rings (SSSR count). The summed E-state index contributed by atoms with van der Waals surface area (Å²) in [6, 6.07) is 5.35. The smallest absolute Gasteiger partial charge is 0.134 e. The fourth-order valence-electron chi connectivity index (χ4n) is 2.31. The molecule has 0 bridgehead atoms. The number of hydrogen-bond acceptors (Lipinski definition) is 3. The normalized spacial score (nSPS) is 16.9. The van der Waals surface area contributed by atoms with E-state index in [-0.39, 0.29) is 5.75 Å². The molecule has 0 saturated carbocycles. The van der Waals surface area contributed by atoms with E-state index in [0.717, 1.165) is 25.2 Å². The summed E-state index contributed by atoms with van der Waals surface area (Å²) < 4.78 is 0. The number of phenolic OH excluding ortho intramolecular Hbond substituents is 1. The third-order valence-electron chi connectivity index (χ3n) is 3.39. The molecule has 1 aliphatic rings. The molecule has 3 nitrogen and oxygen atoms in total. The second-order valence-electron chi connectivity index (χ2n) is 4.86. The Morgan fingerprint density at radius 1 is 1.22 bits per heavy atom. The molecule has 0 spiro atoms. The summed E-state index contributed by atoms with van der Waals surface area (Å²) in [6.45, 7) is 5.40. The van der Waals surface area contributed by atoms with Crippen LogP contribution >= 0.6 is 11.6 Å². The highest BCUT2D eigenvalue weighted by Crippen LogP contribution is 2.23. The average Bonchev–Trinajstić information content (AvgIpc) is 2.40. The van der Waals surface area contributed by atoms with E-state index < -0.39 is 0 Å². The lowest BCUT2D eigenvalue weighted by Gasteiger charge is -2.26. The van der Waals surface area contributed by atoms with Gasteiger partial charge < -0.3 is 15.3 Å². The predicted molar refractivity (Wildman–Crippen MR) is 75.1 cm³/mol. The van der Waals surface area contributed by atoms with Gasteiger partial charge in [-0.3, -0.25) is 0 Å². The van der Waals surface area contributed by atoms with E-state index in [0.29, 0.717) is 5.02 Å². The summed E-state index contributed by atoms with van der Waals surface area (Å²) in [4.78, 5) is 2.51. The lowest BCUT2D eigenvalue weighted by Crippen LogP contribution is -2.35. The van der Waals surface area contributed by atoms with Crippen molar-refractivity contribution in [3.8, 4) is 5.75 Å². The Balaban J connectivity index is 1.66. The number of aromatic hydroxyl groups is 1. The number of phenols is 1. The van der Waals surface area contributed by atoms with Crippen molar-refractivity contribution < 1.29 is 5.11 Å². The van der Waals surface area contributed by atoms with Crippen LogP contribution in [0.1, 0.15) is 24.8 Å². The van der Waals surface area contributed by atoms with Crippen molar-refractivity contribution >= 4 is 11.6 Å². The number of rotatable bonds is 5. The van der Waals surface area contributed by atoms with E-state index >= 15 is 0 Å². The van der Waals surface area contributed by atoms with Crippen LogP contribution in [0.25, 0.3) is 0 Å². The van der Waals surface area contributed by atoms with Crippen LogP contribution in [0.3, 0.4) is 0 Å². The van der Waals surface area contributed by atoms with E-state index in [1.54, 1.807) is 6.07 Å². The molecule has 0 amide bonds. The zero-order valence-corrected chi connectivity index (χ0v) is 11.4. The van der Waals surface area contributed by atoms with Gasteiger partial charge in [-0.2, -0.15) is 0 Å². The van der Waals surface area contributed by atoms with Crippen molar-refractivity contribution in [2.45, 2.75) is 25.8 Å². The van der Waals surface area contributed by atoms with E-state index in [1.807, 2.05) is 12.1 Å². The minimum atomic E-state index is 0.147. The van der Waals surface area contributed by atoms with Gasteiger partial charge in [-0.25, -0.2) is 0 Å². The zero-order chi connectivity index (χ0) is 12.8. The first-order valence-electron chi connectivity index (χ1n) is 6.66. The summed E-state index contributed by atoms with van der Waals surface area (Å²) in [7, 11) is 0. The molecular formula is C14H21ClN2O. The van der Waals surface area contributed by atoms with E-state index in [1.165, 1.54) is 32.4 Å². The molecule has 1 fully saturated rings. The summed E-state index contributed by atoms with van der Waals surface area (Å²) >= 11 is 5.86. The lowest BCUT2D eigenvalue weighted by atomic mass is 10.1. The Morgan fingerprint density at radius 3 is 2.72 bits per heavy atom. The van der Waals surface area contributed by atoms with Crippen LogP contribution in [0.4, 0.5) is 0 Å². The number of nitrogens with one attached hydrogen (secondary N) is 1. The highest BCUT2D eigenvalue weighted by molar-refractivity contribution is 6.32. The molecule has 2 N–H and O–H groups in total. The van der Waals surface area contributed by atoms with Gasteiger partial charge in [0.15, 0.2) is 0 Å². The van der Waals surface area contributed by atoms with Gasteiger partial charge in [-0.1, -0.05) is 24.1 Å². The van der Waals surface area contributed by atoms with Gasteiger partial charge >= 0.3 is 0 Å². The minimum absolute atomic E-state index is 0.147. The van der Waals surface area contributed by atoms with Crippen LogP contribution in [0.5, 0.6) is 5.75 Å². The van der Waals surface area contributed by atoms with Crippen LogP contribution in [-0.2, 0) is 6.54 Å². The standard InChI is InChI=1S/C14H21ClN2O/c15-13-10-12(4-5-14(13)18)11-16-6-9-17-7-2-1-3-8-17/h4-5,10,16,18H,1-3,6-9,11H2. The van der Waals surface area contributed by atoms with Gasteiger partial charge in [0.2, 0.25) is 0 Å². The number of nitrogens with zero attached hydrogens (tertiary/aromatic N) is 1. The SMILES string of the molecule is Oc1ccc(CNCCN2CCCCC2)cc1Cl. The van der Waals surface area contributed by atoms with Gasteiger partial charge in [0.25, 0.3) is 0 Å². The molecule has 100 valence electrons. The molecule has 0 radical (unpaired) electrons. The molecular weight excluding hydrogens is 248 g/mol. The van der Waals surface area contributed by atoms with Crippen LogP contribution < -0.4 is 5.32 Å². The van der Waals surface area contributed by atoms with Crippen molar-refractivity contribution in [2.75, 3.05) is 26.2 Å². The topological polar surface area (TPSA) is 35.5 Å². The number of piperidine rings is 1. The van der Waals surface area contributed by atoms with Crippen LogP contribution in [-0.4, -0.2) is 36.2 Å². The Hall–Kier alpha value is -0.770. The van der Waals surface area contributed by atoms with Crippen molar-refractivity contribution in [3.05, 3.63) is 28.8 Å². The maximum absolute atomic E-state index is 9.33. The number of hydrogen-bond donors (Lipinski definition) is 2. The first-order valence-corrected chi connectivity index (χ1v) is 7.04. The van der Waals surface area contributed by atoms with Gasteiger partial charge in [0.1, 0.15) is 5.75 Å². The van der Waals surface area contributed by atoms with Crippen LogP contribution in [0.2, 0.25) is 5.02 Å². The van der Waals surface area contributed by atoms with Crippen LogP contribution in [0, 0.1) is 0 Å². The Labute approximate surface area is 114 Å². The molecule has 1 aromatic rings. The van der Waals surface area contributed by atoms with Crippen molar-refractivity contribution in [2.24, 2.45) is 0 Å². The van der Waals surface area contributed by atoms with Gasteiger partial charge in [0, 0.05) is 19.6 Å². The molecule has 1 saturated heterocycles. The summed E-state index contributed by atoms with van der Waals surface area (Å²) in [5.41, 5.74) is 1.11. The number of halogens is 1. The summed E-state index contributed by atoms with van der Waals surface area (Å²) in [5.74, 6) is 0.147. The second-order valence-corrected chi connectivity index (χ2v) is 5.27. The largest absolute Gasteiger partial charge is 0.506 e. The maximum Gasteiger partial charge on any atom is 0.134 e. The lowest BCUT2D eigenvalue weighted by molar-refractivity contribution is 0.229. The molecule has 4 heteroatoms. The van der Waals surface area contributed by atoms with Crippen molar-refractivity contribution in [3.63, 3.8) is 0 Å². The van der Waals surface area contributed by atoms with Crippen molar-refractivity contribution in [1.82, 2.24) is 10.2 Å². The highest BCUT2D eigenvalue weighted by atomic mass is 35.5. The Bertz CT molecular complexity index is 378. The first kappa shape index (κ1) is 13.7. The number of benzene rings is 1. The van der Waals surface area contributed by atoms with Crippen LogP contribution in [0.15, 0.2) is 18.2 Å². The highest BCUT2D eigenvalue weighted by Gasteiger charge is 2.08. The Kier molecular flexibility index (Phi) is 5.29. The fourth-order valence-corrected chi connectivity index (χ4v) is 2.52. The third kappa shape index (κ3) is 4.16. The maximum atomic E-state index is 9.33. The fraction of sp³-hybridized carbons (Fsp3) is 0.571. The predicted octanol–water partition coefficient (Wildman–Crippen LogP) is 2.62. The van der Waals surface area contributed by atoms with Gasteiger partial charge in [-0.15, -0.1) is 0 Å². The van der Waals surface area contributed by atoms with Gasteiger partial charge in [-0.05, 0) is 43.6 Å². The van der Waals surface area contributed by atoms with E-state index in [2.05, 4.69) is 10.2 Å². The van der Waals surface area contributed by atoms with Gasteiger partial charge in [0.05, 0.1) is 5.02 Å². The molecule has 0 atom stereocenters. The summed E-state index contributed by atoms with van der Waals surface area (Å²) in [6.07, 6.45) is 4.07. The average molecular weight is 269 g/mol. The Morgan fingerprint density at radius 2 is 2.00 bits per heavy atom. The molecule has 1 aliphatic heterocycles. The summed E-state index contributed by atoms with van der Waals surface area (Å²) in [5, 5.41) is 13.2. The second kappa shape index (κ2) is 6.98. The minimum Gasteiger partial charge on any atom is -0.506 e. The number of likely N-dealkylation sites (tertiary alicyclic amines) is 1.